The van der Waals surface area contributed by atoms with Crippen molar-refractivity contribution in [2.45, 2.75) is 12.8 Å². The average molecular weight is 262 g/mol. The van der Waals surface area contributed by atoms with Crippen LogP contribution < -0.4 is 0 Å². The highest BCUT2D eigenvalue weighted by Crippen LogP contribution is 2.09. The Hall–Kier alpha value is -2.43. The van der Waals surface area contributed by atoms with Crippen LogP contribution in [0.25, 0.3) is 6.08 Å². The first kappa shape index (κ1) is 14.6. The summed E-state index contributed by atoms with van der Waals surface area (Å²) in [4.78, 5) is 32.9. The Morgan fingerprint density at radius 3 is 2.32 bits per heavy atom. The molecule has 0 atom stereocenters. The summed E-state index contributed by atoms with van der Waals surface area (Å²) in [7, 11) is 1.29. The first-order chi connectivity index (χ1) is 9.02. The highest BCUT2D eigenvalue weighted by atomic mass is 16.5. The summed E-state index contributed by atoms with van der Waals surface area (Å²) in [6.45, 7) is 0. The Morgan fingerprint density at radius 1 is 1.16 bits per heavy atom. The van der Waals surface area contributed by atoms with Gasteiger partial charge in [-0.2, -0.15) is 0 Å². The zero-order valence-electron chi connectivity index (χ0n) is 10.5. The zero-order valence-corrected chi connectivity index (χ0v) is 10.5. The van der Waals surface area contributed by atoms with Gasteiger partial charge in [-0.3, -0.25) is 9.59 Å². The van der Waals surface area contributed by atoms with Gasteiger partial charge in [0, 0.05) is 18.1 Å². The van der Waals surface area contributed by atoms with E-state index in [1.54, 1.807) is 30.3 Å². The van der Waals surface area contributed by atoms with E-state index in [0.717, 1.165) is 5.56 Å². The Bertz CT molecular complexity index is 499. The molecule has 0 aliphatic rings. The summed E-state index contributed by atoms with van der Waals surface area (Å²) < 4.78 is 4.45. The molecular formula is C14H14O5. The van der Waals surface area contributed by atoms with Crippen molar-refractivity contribution in [1.29, 1.82) is 0 Å². The normalized spacial score (nSPS) is 10.4. The van der Waals surface area contributed by atoms with Crippen LogP contribution in [0.15, 0.2) is 30.3 Å². The van der Waals surface area contributed by atoms with Crippen molar-refractivity contribution in [1.82, 2.24) is 0 Å². The molecule has 0 heterocycles. The van der Waals surface area contributed by atoms with Crippen molar-refractivity contribution in [2.24, 2.45) is 0 Å². The standard InChI is InChI=1S/C14H14O5/c1-19-14(18)9-4-10-2-5-11(6-3-10)12(15)7-8-13(16)17/h2-6,9H,7-8H2,1H3,(H,16,17). The van der Waals surface area contributed by atoms with Crippen LogP contribution >= 0.6 is 0 Å². The zero-order chi connectivity index (χ0) is 14.3. The smallest absolute Gasteiger partial charge is 0.330 e. The monoisotopic (exact) mass is 262 g/mol. The molecular weight excluding hydrogens is 248 g/mol. The maximum absolute atomic E-state index is 11.6. The van der Waals surface area contributed by atoms with Crippen molar-refractivity contribution in [3.8, 4) is 0 Å². The molecule has 5 heteroatoms. The molecule has 1 rings (SSSR count). The van der Waals surface area contributed by atoms with Crippen LogP contribution in [0.2, 0.25) is 0 Å². The van der Waals surface area contributed by atoms with Gasteiger partial charge >= 0.3 is 11.9 Å². The van der Waals surface area contributed by atoms with Crippen LogP contribution in [0.3, 0.4) is 0 Å². The summed E-state index contributed by atoms with van der Waals surface area (Å²) in [6.07, 6.45) is 2.65. The predicted octanol–water partition coefficient (Wildman–Crippen LogP) is 1.92. The van der Waals surface area contributed by atoms with Gasteiger partial charge in [0.1, 0.15) is 0 Å². The Morgan fingerprint density at radius 2 is 1.79 bits per heavy atom. The first-order valence-corrected chi connectivity index (χ1v) is 5.64. The third kappa shape index (κ3) is 5.16. The van der Waals surface area contributed by atoms with Gasteiger partial charge in [-0.25, -0.2) is 4.79 Å². The molecule has 0 aliphatic heterocycles. The first-order valence-electron chi connectivity index (χ1n) is 5.64. The van der Waals surface area contributed by atoms with E-state index in [1.165, 1.54) is 13.2 Å². The molecule has 1 aromatic rings. The Kier molecular flexibility index (Phi) is 5.47. The third-order valence-corrected chi connectivity index (χ3v) is 2.41. The molecule has 0 unspecified atom stereocenters. The minimum absolute atomic E-state index is 0.0212. The van der Waals surface area contributed by atoms with Crippen LogP contribution in [0, 0.1) is 0 Å². The molecule has 0 bridgehead atoms. The minimum atomic E-state index is -0.994. The number of aliphatic carboxylic acids is 1. The van der Waals surface area contributed by atoms with Gasteiger partial charge in [0.05, 0.1) is 13.5 Å². The molecule has 0 radical (unpaired) electrons. The molecule has 0 saturated carbocycles. The number of ketones is 1. The molecule has 5 nitrogen and oxygen atoms in total. The number of carboxylic acid groups (broad SMARTS) is 1. The number of carbonyl (C=O) groups excluding carboxylic acids is 2. The summed E-state index contributed by atoms with van der Waals surface area (Å²) in [5, 5.41) is 8.49. The van der Waals surface area contributed by atoms with Crippen molar-refractivity contribution < 1.29 is 24.2 Å². The number of rotatable bonds is 6. The van der Waals surface area contributed by atoms with Gasteiger partial charge in [-0.05, 0) is 11.6 Å². The van der Waals surface area contributed by atoms with E-state index in [0.29, 0.717) is 5.56 Å². The van der Waals surface area contributed by atoms with Gasteiger partial charge in [0.25, 0.3) is 0 Å². The SMILES string of the molecule is COC(=O)C=Cc1ccc(C(=O)CCC(=O)O)cc1. The average Bonchev–Trinajstić information content (AvgIpc) is 2.42. The Balaban J connectivity index is 2.65. The van der Waals surface area contributed by atoms with Crippen molar-refractivity contribution >= 4 is 23.8 Å². The van der Waals surface area contributed by atoms with Crippen LogP contribution in [0.1, 0.15) is 28.8 Å². The quantitative estimate of drug-likeness (QED) is 0.481. The number of hydrogen-bond donors (Lipinski definition) is 1. The van der Waals surface area contributed by atoms with Crippen LogP contribution in [0.4, 0.5) is 0 Å². The second-order valence-corrected chi connectivity index (χ2v) is 3.80. The maximum Gasteiger partial charge on any atom is 0.330 e. The lowest BCUT2D eigenvalue weighted by molar-refractivity contribution is -0.137. The topological polar surface area (TPSA) is 80.7 Å². The van der Waals surface area contributed by atoms with E-state index in [2.05, 4.69) is 4.74 Å². The second kappa shape index (κ2) is 7.10. The van der Waals surface area contributed by atoms with Crippen LogP contribution in [0.5, 0.6) is 0 Å². The summed E-state index contributed by atoms with van der Waals surface area (Å²) in [5.74, 6) is -1.67. The van der Waals surface area contributed by atoms with Gasteiger partial charge in [0.15, 0.2) is 5.78 Å². The molecule has 1 N–H and O–H groups in total. The van der Waals surface area contributed by atoms with E-state index < -0.39 is 11.9 Å². The lowest BCUT2D eigenvalue weighted by Gasteiger charge is -2.00. The lowest BCUT2D eigenvalue weighted by Crippen LogP contribution is -2.03. The molecule has 0 saturated heterocycles. The number of carbonyl (C=O) groups is 3. The van der Waals surface area contributed by atoms with Crippen LogP contribution in [-0.4, -0.2) is 29.9 Å². The molecule has 100 valence electrons. The highest BCUT2D eigenvalue weighted by molar-refractivity contribution is 5.97. The van der Waals surface area contributed by atoms with Gasteiger partial charge in [-0.15, -0.1) is 0 Å². The number of benzene rings is 1. The second-order valence-electron chi connectivity index (χ2n) is 3.80. The third-order valence-electron chi connectivity index (χ3n) is 2.41. The number of carboxylic acids is 1. The van der Waals surface area contributed by atoms with E-state index >= 15 is 0 Å². The molecule has 0 fully saturated rings. The van der Waals surface area contributed by atoms with E-state index in [4.69, 9.17) is 5.11 Å². The van der Waals surface area contributed by atoms with E-state index in [-0.39, 0.29) is 18.6 Å². The van der Waals surface area contributed by atoms with Gasteiger partial charge in [-0.1, -0.05) is 24.3 Å². The fourth-order valence-corrected chi connectivity index (χ4v) is 1.38. The lowest BCUT2D eigenvalue weighted by atomic mass is 10.0. The van der Waals surface area contributed by atoms with Crippen molar-refractivity contribution in [3.05, 3.63) is 41.5 Å². The van der Waals surface area contributed by atoms with Gasteiger partial charge < -0.3 is 9.84 Å². The van der Waals surface area contributed by atoms with E-state index in [9.17, 15) is 14.4 Å². The van der Waals surface area contributed by atoms with Crippen molar-refractivity contribution in [3.63, 3.8) is 0 Å². The molecule has 0 amide bonds. The highest BCUT2D eigenvalue weighted by Gasteiger charge is 2.07. The molecule has 0 aliphatic carbocycles. The molecule has 1 aromatic carbocycles. The van der Waals surface area contributed by atoms with Crippen LogP contribution in [-0.2, 0) is 14.3 Å². The summed E-state index contributed by atoms with van der Waals surface area (Å²) >= 11 is 0. The summed E-state index contributed by atoms with van der Waals surface area (Å²) in [5.41, 5.74) is 1.21. The number of methoxy groups -OCH3 is 1. The number of ether oxygens (including phenoxy) is 1. The van der Waals surface area contributed by atoms with Crippen molar-refractivity contribution in [2.75, 3.05) is 7.11 Å². The maximum atomic E-state index is 11.6. The fraction of sp³-hybridized carbons (Fsp3) is 0.214. The number of Topliss-reactive ketones (excluding diaryl/α,β-unsaturated/α-hetero) is 1. The fourth-order valence-electron chi connectivity index (χ4n) is 1.38. The molecule has 0 aromatic heterocycles. The number of esters is 1. The molecule has 19 heavy (non-hydrogen) atoms. The number of hydrogen-bond acceptors (Lipinski definition) is 4. The van der Waals surface area contributed by atoms with E-state index in [1.807, 2.05) is 0 Å². The largest absolute Gasteiger partial charge is 0.481 e. The Labute approximate surface area is 110 Å². The van der Waals surface area contributed by atoms with Gasteiger partial charge in [0.2, 0.25) is 0 Å². The predicted molar refractivity (Wildman–Crippen MR) is 68.7 cm³/mol. The summed E-state index contributed by atoms with van der Waals surface area (Å²) in [6, 6.07) is 6.54. The molecule has 0 spiro atoms. The minimum Gasteiger partial charge on any atom is -0.481 e.